The molecule has 0 unspecified atom stereocenters. The van der Waals surface area contributed by atoms with Crippen molar-refractivity contribution in [2.24, 2.45) is 0 Å². The highest BCUT2D eigenvalue weighted by atomic mass is 16.5. The number of ether oxygens (including phenoxy) is 3. The molecule has 2 amide bonds. The summed E-state index contributed by atoms with van der Waals surface area (Å²) in [5.41, 5.74) is 3.72. The number of benzene rings is 2. The number of carbonyl (C=O) groups excluding carboxylic acids is 2. The molecule has 8 nitrogen and oxygen atoms in total. The summed E-state index contributed by atoms with van der Waals surface area (Å²) in [4.78, 5) is 33.9. The fourth-order valence-electron chi connectivity index (χ4n) is 5.09. The highest BCUT2D eigenvalue weighted by Crippen LogP contribution is 2.45. The molecule has 0 spiro atoms. The molecular formula is C25H27N3O5. The lowest BCUT2D eigenvalue weighted by Crippen LogP contribution is -2.63. The average molecular weight is 450 g/mol. The number of carbonyl (C=O) groups is 2. The molecular weight excluding hydrogens is 422 g/mol. The first kappa shape index (κ1) is 21.3. The van der Waals surface area contributed by atoms with Gasteiger partial charge in [-0.1, -0.05) is 18.2 Å². The second kappa shape index (κ2) is 8.44. The summed E-state index contributed by atoms with van der Waals surface area (Å²) < 4.78 is 16.3. The molecule has 33 heavy (non-hydrogen) atoms. The number of aromatic amines is 1. The molecule has 3 heterocycles. The Morgan fingerprint density at radius 3 is 2.64 bits per heavy atom. The second-order valence-corrected chi connectivity index (χ2v) is 8.35. The van der Waals surface area contributed by atoms with Crippen molar-refractivity contribution in [1.29, 1.82) is 0 Å². The maximum absolute atomic E-state index is 13.5. The minimum atomic E-state index is -0.601. The maximum Gasteiger partial charge on any atom is 0.246 e. The Hall–Kier alpha value is -3.52. The third kappa shape index (κ3) is 3.41. The number of rotatable bonds is 6. The van der Waals surface area contributed by atoms with Crippen LogP contribution in [0.15, 0.2) is 42.5 Å². The molecule has 0 radical (unpaired) electrons. The molecule has 1 N–H and O–H groups in total. The van der Waals surface area contributed by atoms with E-state index >= 15 is 0 Å². The molecule has 5 rings (SSSR count). The van der Waals surface area contributed by atoms with Gasteiger partial charge in [0.1, 0.15) is 23.6 Å². The summed E-state index contributed by atoms with van der Waals surface area (Å²) in [7, 11) is 4.80. The van der Waals surface area contributed by atoms with Gasteiger partial charge in [-0.05, 0) is 29.8 Å². The number of aromatic nitrogens is 1. The minimum Gasteiger partial charge on any atom is -0.497 e. The van der Waals surface area contributed by atoms with Crippen LogP contribution in [0.5, 0.6) is 11.5 Å². The van der Waals surface area contributed by atoms with Crippen molar-refractivity contribution < 1.29 is 23.8 Å². The van der Waals surface area contributed by atoms with E-state index in [0.29, 0.717) is 31.1 Å². The predicted octanol–water partition coefficient (Wildman–Crippen LogP) is 2.52. The maximum atomic E-state index is 13.5. The van der Waals surface area contributed by atoms with Gasteiger partial charge in [-0.25, -0.2) is 0 Å². The lowest BCUT2D eigenvalue weighted by Gasteiger charge is -2.47. The number of nitrogens with one attached hydrogen (secondary N) is 1. The van der Waals surface area contributed by atoms with E-state index in [2.05, 4.69) is 11.1 Å². The Labute approximate surface area is 192 Å². The van der Waals surface area contributed by atoms with Crippen LogP contribution in [0.3, 0.4) is 0 Å². The number of H-pyrrole nitrogens is 1. The molecule has 0 aliphatic carbocycles. The molecule has 2 aliphatic rings. The van der Waals surface area contributed by atoms with Gasteiger partial charge in [-0.3, -0.25) is 9.59 Å². The Kier molecular flexibility index (Phi) is 5.46. The monoisotopic (exact) mass is 449 g/mol. The first-order valence-electron chi connectivity index (χ1n) is 11.0. The zero-order valence-corrected chi connectivity index (χ0v) is 19.0. The van der Waals surface area contributed by atoms with Crippen molar-refractivity contribution in [3.8, 4) is 11.5 Å². The van der Waals surface area contributed by atoms with E-state index in [0.717, 1.165) is 27.7 Å². The smallest absolute Gasteiger partial charge is 0.246 e. The van der Waals surface area contributed by atoms with E-state index in [1.807, 2.05) is 36.4 Å². The van der Waals surface area contributed by atoms with Gasteiger partial charge in [-0.2, -0.15) is 0 Å². The van der Waals surface area contributed by atoms with Gasteiger partial charge in [0, 0.05) is 42.2 Å². The van der Waals surface area contributed by atoms with E-state index < -0.39 is 12.1 Å². The van der Waals surface area contributed by atoms with Crippen molar-refractivity contribution in [2.45, 2.75) is 18.5 Å². The first-order valence-corrected chi connectivity index (χ1v) is 11.0. The largest absolute Gasteiger partial charge is 0.497 e. The number of piperazine rings is 1. The first-order chi connectivity index (χ1) is 16.1. The third-order valence-corrected chi connectivity index (χ3v) is 6.64. The van der Waals surface area contributed by atoms with Gasteiger partial charge in [0.15, 0.2) is 0 Å². The van der Waals surface area contributed by atoms with E-state index in [1.54, 1.807) is 31.1 Å². The Morgan fingerprint density at radius 1 is 1.06 bits per heavy atom. The van der Waals surface area contributed by atoms with Crippen LogP contribution in [-0.4, -0.2) is 73.7 Å². The summed E-state index contributed by atoms with van der Waals surface area (Å²) in [6.07, 6.45) is 0.455. The van der Waals surface area contributed by atoms with Crippen LogP contribution >= 0.6 is 0 Å². The van der Waals surface area contributed by atoms with Crippen LogP contribution in [0.4, 0.5) is 0 Å². The van der Waals surface area contributed by atoms with Gasteiger partial charge in [-0.15, -0.1) is 0 Å². The van der Waals surface area contributed by atoms with Gasteiger partial charge in [0.25, 0.3) is 0 Å². The summed E-state index contributed by atoms with van der Waals surface area (Å²) in [5.74, 6) is 1.13. The second-order valence-electron chi connectivity index (χ2n) is 8.35. The van der Waals surface area contributed by atoms with Crippen LogP contribution < -0.4 is 9.47 Å². The van der Waals surface area contributed by atoms with Crippen LogP contribution in [0.2, 0.25) is 0 Å². The van der Waals surface area contributed by atoms with Gasteiger partial charge in [0.2, 0.25) is 11.8 Å². The fourth-order valence-corrected chi connectivity index (χ4v) is 5.09. The highest BCUT2D eigenvalue weighted by Gasteiger charge is 2.48. The molecule has 8 heteroatoms. The summed E-state index contributed by atoms with van der Waals surface area (Å²) in [6, 6.07) is 12.5. The number of hydrogen-bond acceptors (Lipinski definition) is 5. The zero-order valence-electron chi connectivity index (χ0n) is 19.0. The highest BCUT2D eigenvalue weighted by molar-refractivity contribution is 5.97. The Bertz CT molecular complexity index is 1220. The lowest BCUT2D eigenvalue weighted by molar-refractivity contribution is -0.159. The van der Waals surface area contributed by atoms with Crippen molar-refractivity contribution in [2.75, 3.05) is 41.0 Å². The van der Waals surface area contributed by atoms with Crippen molar-refractivity contribution in [1.82, 2.24) is 14.8 Å². The summed E-state index contributed by atoms with van der Waals surface area (Å²) in [5, 5.41) is 1.06. The van der Waals surface area contributed by atoms with E-state index in [4.69, 9.17) is 14.2 Å². The van der Waals surface area contributed by atoms with Crippen LogP contribution in [0, 0.1) is 0 Å². The van der Waals surface area contributed by atoms with Gasteiger partial charge >= 0.3 is 0 Å². The fraction of sp³-hybridized carbons (Fsp3) is 0.360. The number of fused-ring (bicyclic) bond motifs is 4. The normalized spacial score (nSPS) is 20.1. The molecule has 1 aromatic heterocycles. The van der Waals surface area contributed by atoms with Crippen LogP contribution in [-0.2, 0) is 20.7 Å². The van der Waals surface area contributed by atoms with Crippen molar-refractivity contribution in [3.05, 3.63) is 59.3 Å². The molecule has 3 aromatic rings. The molecule has 1 saturated heterocycles. The number of para-hydroxylation sites is 1. The molecule has 2 aromatic carbocycles. The molecule has 2 atom stereocenters. The molecule has 0 saturated carbocycles. The van der Waals surface area contributed by atoms with Crippen molar-refractivity contribution in [3.63, 3.8) is 0 Å². The predicted molar refractivity (Wildman–Crippen MR) is 122 cm³/mol. The zero-order chi connectivity index (χ0) is 23.1. The van der Waals surface area contributed by atoms with E-state index in [9.17, 15) is 9.59 Å². The third-order valence-electron chi connectivity index (χ3n) is 6.64. The van der Waals surface area contributed by atoms with E-state index in [-0.39, 0.29) is 18.4 Å². The molecule has 1 fully saturated rings. The van der Waals surface area contributed by atoms with Crippen molar-refractivity contribution >= 4 is 22.7 Å². The van der Waals surface area contributed by atoms with Gasteiger partial charge in [0.05, 0.1) is 27.4 Å². The lowest BCUT2D eigenvalue weighted by atomic mass is 9.85. The molecule has 172 valence electrons. The summed E-state index contributed by atoms with van der Waals surface area (Å²) >= 11 is 0. The number of hydrogen-bond donors (Lipinski definition) is 1. The van der Waals surface area contributed by atoms with Crippen LogP contribution in [0.25, 0.3) is 10.9 Å². The summed E-state index contributed by atoms with van der Waals surface area (Å²) in [6.45, 7) is 0.799. The quantitative estimate of drug-likeness (QED) is 0.625. The Morgan fingerprint density at radius 2 is 1.88 bits per heavy atom. The van der Waals surface area contributed by atoms with Crippen LogP contribution in [0.1, 0.15) is 22.9 Å². The SMILES string of the molecule is COCCN1CC(=O)N2[C@@H](c3cc(OC)ccc3OC)c3[nH]c4ccccc4c3C[C@H]2C1=O. The molecule has 2 aliphatic heterocycles. The van der Waals surface area contributed by atoms with Gasteiger partial charge < -0.3 is 29.0 Å². The number of methoxy groups -OCH3 is 3. The Balaban J connectivity index is 1.71. The minimum absolute atomic E-state index is 0.0248. The average Bonchev–Trinajstić information content (AvgIpc) is 3.22. The van der Waals surface area contributed by atoms with E-state index in [1.165, 1.54) is 0 Å². The topological polar surface area (TPSA) is 84.1 Å². The number of amides is 2. The molecule has 0 bridgehead atoms. The number of nitrogens with zero attached hydrogens (tertiary/aromatic N) is 2. The standard InChI is InChI=1S/C25H27N3O5/c1-31-11-10-27-14-22(29)28-20(25(27)30)13-17-16-6-4-5-7-19(16)26-23(17)24(28)18-12-15(32-2)8-9-21(18)33-3/h4-9,12,20,24,26H,10-11,13-14H2,1-3H3/t20-,24-/m0/s1.